The van der Waals surface area contributed by atoms with Crippen molar-refractivity contribution in [2.45, 2.75) is 45.3 Å². The minimum Gasteiger partial charge on any atom is -0.371 e. The van der Waals surface area contributed by atoms with E-state index >= 15 is 0 Å². The molecule has 0 saturated carbocycles. The maximum atomic E-state index is 11.7. The maximum absolute atomic E-state index is 11.7. The molecule has 5 heteroatoms. The van der Waals surface area contributed by atoms with E-state index in [1.807, 2.05) is 20.8 Å². The lowest BCUT2D eigenvalue weighted by Crippen LogP contribution is -2.57. The molecule has 1 fully saturated rings. The van der Waals surface area contributed by atoms with E-state index in [4.69, 9.17) is 4.74 Å². The quantitative estimate of drug-likeness (QED) is 0.689. The summed E-state index contributed by atoms with van der Waals surface area (Å²) in [5.74, 6) is 0. The van der Waals surface area contributed by atoms with E-state index < -0.39 is 0 Å². The van der Waals surface area contributed by atoms with Gasteiger partial charge in [0.25, 0.3) is 0 Å². The van der Waals surface area contributed by atoms with E-state index in [-0.39, 0.29) is 17.2 Å². The van der Waals surface area contributed by atoms with Crippen LogP contribution in [-0.2, 0) is 4.74 Å². The summed E-state index contributed by atoms with van der Waals surface area (Å²) >= 11 is 0. The van der Waals surface area contributed by atoms with Gasteiger partial charge in [-0.05, 0) is 27.2 Å². The van der Waals surface area contributed by atoms with Crippen molar-refractivity contribution in [3.05, 3.63) is 0 Å². The first-order chi connectivity index (χ1) is 7.87. The van der Waals surface area contributed by atoms with Crippen molar-refractivity contribution < 1.29 is 9.53 Å². The highest BCUT2D eigenvalue weighted by atomic mass is 16.5. The maximum Gasteiger partial charge on any atom is 0.315 e. The van der Waals surface area contributed by atoms with Gasteiger partial charge in [-0.3, -0.25) is 0 Å². The first-order valence-electron chi connectivity index (χ1n) is 6.28. The largest absolute Gasteiger partial charge is 0.371 e. The Hall–Kier alpha value is -0.810. The zero-order valence-corrected chi connectivity index (χ0v) is 11.4. The summed E-state index contributed by atoms with van der Waals surface area (Å²) in [4.78, 5) is 11.7. The molecule has 100 valence electrons. The molecule has 0 bridgehead atoms. The lowest BCUT2D eigenvalue weighted by atomic mass is 9.99. The summed E-state index contributed by atoms with van der Waals surface area (Å²) in [6.45, 7) is 10.9. The normalized spacial score (nSPS) is 25.4. The van der Waals surface area contributed by atoms with Gasteiger partial charge in [-0.2, -0.15) is 0 Å². The zero-order valence-electron chi connectivity index (χ0n) is 11.4. The molecule has 0 aromatic heterocycles. The Labute approximate surface area is 104 Å². The molecule has 0 spiro atoms. The van der Waals surface area contributed by atoms with Crippen LogP contribution in [0.2, 0.25) is 0 Å². The molecular weight excluding hydrogens is 218 g/mol. The van der Waals surface area contributed by atoms with Crippen LogP contribution in [0.3, 0.4) is 0 Å². The average molecular weight is 243 g/mol. The van der Waals surface area contributed by atoms with E-state index in [9.17, 15) is 4.79 Å². The number of amides is 2. The highest BCUT2D eigenvalue weighted by Gasteiger charge is 2.32. The number of carbonyl (C=O) groups excluding carboxylic acids is 1. The Kier molecular flexibility index (Phi) is 4.77. The molecule has 1 rings (SSSR count). The van der Waals surface area contributed by atoms with Gasteiger partial charge in [-0.25, -0.2) is 4.79 Å². The second kappa shape index (κ2) is 5.69. The molecule has 2 amide bonds. The van der Waals surface area contributed by atoms with Crippen molar-refractivity contribution in [2.24, 2.45) is 0 Å². The highest BCUT2D eigenvalue weighted by molar-refractivity contribution is 5.74. The Morgan fingerprint density at radius 1 is 1.47 bits per heavy atom. The lowest BCUT2D eigenvalue weighted by molar-refractivity contribution is -0.0648. The van der Waals surface area contributed by atoms with Crippen molar-refractivity contribution in [1.82, 2.24) is 16.0 Å². The Balaban J connectivity index is 2.39. The number of hydrogen-bond acceptors (Lipinski definition) is 3. The molecule has 3 N–H and O–H groups in total. The van der Waals surface area contributed by atoms with Gasteiger partial charge in [0, 0.05) is 25.2 Å². The molecule has 0 radical (unpaired) electrons. The molecule has 1 saturated heterocycles. The summed E-state index contributed by atoms with van der Waals surface area (Å²) in [5, 5.41) is 9.06. The van der Waals surface area contributed by atoms with Gasteiger partial charge in [0.05, 0.1) is 12.2 Å². The number of carbonyl (C=O) groups is 1. The smallest absolute Gasteiger partial charge is 0.315 e. The molecule has 0 aromatic rings. The van der Waals surface area contributed by atoms with Gasteiger partial charge in [0.1, 0.15) is 0 Å². The van der Waals surface area contributed by atoms with E-state index in [1.165, 1.54) is 0 Å². The second-order valence-corrected chi connectivity index (χ2v) is 5.62. The first kappa shape index (κ1) is 14.3. The third-order valence-electron chi connectivity index (χ3n) is 2.84. The average Bonchev–Trinajstić information content (AvgIpc) is 2.25. The number of morpholine rings is 1. The van der Waals surface area contributed by atoms with Gasteiger partial charge in [-0.15, -0.1) is 0 Å². The first-order valence-corrected chi connectivity index (χ1v) is 6.28. The van der Waals surface area contributed by atoms with Crippen LogP contribution in [0.25, 0.3) is 0 Å². The van der Waals surface area contributed by atoms with Gasteiger partial charge < -0.3 is 20.7 Å². The summed E-state index contributed by atoms with van der Waals surface area (Å²) in [6, 6.07) is -0.139. The fourth-order valence-electron chi connectivity index (χ4n) is 1.80. The Morgan fingerprint density at radius 2 is 2.18 bits per heavy atom. The van der Waals surface area contributed by atoms with Gasteiger partial charge in [0.15, 0.2) is 0 Å². The van der Waals surface area contributed by atoms with Crippen LogP contribution in [0.5, 0.6) is 0 Å². The number of urea groups is 1. The molecule has 1 unspecified atom stereocenters. The predicted octanol–water partition coefficient (Wildman–Crippen LogP) is 0.853. The van der Waals surface area contributed by atoms with Crippen LogP contribution in [-0.4, -0.2) is 43.4 Å². The Morgan fingerprint density at radius 3 is 2.65 bits per heavy atom. The monoisotopic (exact) mass is 243 g/mol. The molecule has 1 aliphatic rings. The zero-order chi connectivity index (χ0) is 12.9. The van der Waals surface area contributed by atoms with Crippen LogP contribution in [0.4, 0.5) is 4.79 Å². The van der Waals surface area contributed by atoms with E-state index in [1.54, 1.807) is 0 Å². The van der Waals surface area contributed by atoms with Crippen LogP contribution >= 0.6 is 0 Å². The minimum absolute atomic E-state index is 0.139. The molecule has 0 aliphatic carbocycles. The number of ether oxygens (including phenoxy) is 1. The summed E-state index contributed by atoms with van der Waals surface area (Å²) in [5.41, 5.74) is -0.470. The fourth-order valence-corrected chi connectivity index (χ4v) is 1.80. The second-order valence-electron chi connectivity index (χ2n) is 5.62. The van der Waals surface area contributed by atoms with E-state index in [2.05, 4.69) is 22.9 Å². The summed E-state index contributed by atoms with van der Waals surface area (Å²) in [6.07, 6.45) is 0.885. The van der Waals surface area contributed by atoms with Crippen molar-refractivity contribution >= 4 is 6.03 Å². The third-order valence-corrected chi connectivity index (χ3v) is 2.84. The fraction of sp³-hybridized carbons (Fsp3) is 0.917. The molecule has 17 heavy (non-hydrogen) atoms. The van der Waals surface area contributed by atoms with Gasteiger partial charge in [0.2, 0.25) is 0 Å². The molecular formula is C12H25N3O2. The summed E-state index contributed by atoms with van der Waals surface area (Å²) < 4.78 is 5.79. The topological polar surface area (TPSA) is 62.4 Å². The van der Waals surface area contributed by atoms with Gasteiger partial charge >= 0.3 is 6.03 Å². The van der Waals surface area contributed by atoms with Crippen LogP contribution in [0.15, 0.2) is 0 Å². The Bertz CT molecular complexity index is 255. The molecule has 0 aromatic carbocycles. The summed E-state index contributed by atoms with van der Waals surface area (Å²) in [7, 11) is 0. The molecule has 1 atom stereocenters. The highest BCUT2D eigenvalue weighted by Crippen LogP contribution is 2.16. The van der Waals surface area contributed by atoms with E-state index in [0.717, 1.165) is 19.5 Å². The van der Waals surface area contributed by atoms with Crippen molar-refractivity contribution in [1.29, 1.82) is 0 Å². The number of rotatable bonds is 3. The number of hydrogen-bond donors (Lipinski definition) is 3. The molecule has 1 heterocycles. The van der Waals surface area contributed by atoms with Crippen LogP contribution in [0.1, 0.15) is 34.1 Å². The minimum atomic E-state index is -0.256. The number of nitrogens with one attached hydrogen (secondary N) is 3. The van der Waals surface area contributed by atoms with Crippen molar-refractivity contribution in [3.8, 4) is 0 Å². The van der Waals surface area contributed by atoms with Crippen molar-refractivity contribution in [3.63, 3.8) is 0 Å². The molecule has 1 aliphatic heterocycles. The van der Waals surface area contributed by atoms with Crippen LogP contribution in [0, 0.1) is 0 Å². The lowest BCUT2D eigenvalue weighted by Gasteiger charge is -2.37. The van der Waals surface area contributed by atoms with Crippen LogP contribution < -0.4 is 16.0 Å². The van der Waals surface area contributed by atoms with E-state index in [0.29, 0.717) is 13.2 Å². The van der Waals surface area contributed by atoms with Gasteiger partial charge in [-0.1, -0.05) is 6.92 Å². The molecule has 5 nitrogen and oxygen atoms in total. The predicted molar refractivity (Wildman–Crippen MR) is 68.1 cm³/mol. The third kappa shape index (κ3) is 4.91. The van der Waals surface area contributed by atoms with Crippen molar-refractivity contribution in [2.75, 3.05) is 26.2 Å². The standard InChI is InChI=1S/C12H25N3O2/c1-5-12(8-13-6-7-17-12)9-14-10(16)15-11(2,3)4/h13H,5-9H2,1-4H3,(H2,14,15,16). The SMILES string of the molecule is CCC1(CNC(=O)NC(C)(C)C)CNCCO1.